The molecule has 3 aromatic rings. The molecule has 1 aliphatic rings. The molecule has 0 aromatic heterocycles. The fraction of sp³-hybridized carbons (Fsp3) is 0.333. The summed E-state index contributed by atoms with van der Waals surface area (Å²) in [6.07, 6.45) is 4.85. The zero-order chi connectivity index (χ0) is 26.5. The molecule has 1 aliphatic carbocycles. The third-order valence-corrected chi connectivity index (χ3v) is 6.66. The van der Waals surface area contributed by atoms with Crippen LogP contribution in [0, 0.1) is 29.1 Å². The predicted molar refractivity (Wildman–Crippen MR) is 134 cm³/mol. The summed E-state index contributed by atoms with van der Waals surface area (Å²) in [7, 11) is 0. The van der Waals surface area contributed by atoms with Gasteiger partial charge in [0, 0.05) is 11.1 Å². The molecule has 0 spiro atoms. The first-order valence-corrected chi connectivity index (χ1v) is 12.6. The molecular weight excluding hydrogens is 487 g/mol. The minimum atomic E-state index is -1.11. The van der Waals surface area contributed by atoms with E-state index in [1.165, 1.54) is 30.3 Å². The van der Waals surface area contributed by atoms with Gasteiger partial charge in [-0.15, -0.1) is 0 Å². The Labute approximate surface area is 213 Å². The summed E-state index contributed by atoms with van der Waals surface area (Å²) in [5, 5.41) is 0. The Bertz CT molecular complexity index is 1300. The third kappa shape index (κ3) is 5.65. The third-order valence-electron chi connectivity index (χ3n) is 6.66. The molecule has 37 heavy (non-hydrogen) atoms. The zero-order valence-electron chi connectivity index (χ0n) is 20.9. The second kappa shape index (κ2) is 11.8. The van der Waals surface area contributed by atoms with E-state index < -0.39 is 29.1 Å². The van der Waals surface area contributed by atoms with Crippen LogP contribution in [0.5, 0.6) is 11.5 Å². The van der Waals surface area contributed by atoms with Gasteiger partial charge in [-0.25, -0.2) is 13.2 Å². The largest absolute Gasteiger partial charge is 0.491 e. The second-order valence-corrected chi connectivity index (χ2v) is 9.05. The normalized spacial score (nSPS) is 15.4. The summed E-state index contributed by atoms with van der Waals surface area (Å²) in [5.74, 6) is -5.16. The van der Waals surface area contributed by atoms with Gasteiger partial charge < -0.3 is 9.47 Å². The van der Waals surface area contributed by atoms with Crippen LogP contribution in [-0.4, -0.2) is 13.2 Å². The van der Waals surface area contributed by atoms with Crippen LogP contribution >= 0.6 is 0 Å². The number of hydrogen-bond acceptors (Lipinski definition) is 2. The van der Waals surface area contributed by atoms with Crippen molar-refractivity contribution in [2.75, 3.05) is 13.2 Å². The Balaban J connectivity index is 1.51. The van der Waals surface area contributed by atoms with Crippen molar-refractivity contribution in [2.45, 2.75) is 51.9 Å². The van der Waals surface area contributed by atoms with Crippen molar-refractivity contribution in [2.24, 2.45) is 0 Å². The quantitative estimate of drug-likeness (QED) is 0.209. The molecular formula is C30H29F5O2. The molecule has 0 radical (unpaired) electrons. The number of benzene rings is 3. The number of hydrogen-bond donors (Lipinski definition) is 0. The second-order valence-electron chi connectivity index (χ2n) is 9.05. The topological polar surface area (TPSA) is 18.5 Å². The highest BCUT2D eigenvalue weighted by molar-refractivity contribution is 5.69. The summed E-state index contributed by atoms with van der Waals surface area (Å²) < 4.78 is 83.6. The number of ether oxygens (including phenoxy) is 2. The molecule has 0 N–H and O–H groups in total. The van der Waals surface area contributed by atoms with Crippen LogP contribution in [0.15, 0.2) is 48.5 Å². The summed E-state index contributed by atoms with van der Waals surface area (Å²) in [6.45, 7) is 4.16. The minimum absolute atomic E-state index is 0.0585. The van der Waals surface area contributed by atoms with Gasteiger partial charge in [-0.1, -0.05) is 31.6 Å². The smallest absolute Gasteiger partial charge is 0.201 e. The molecule has 0 saturated heterocycles. The first-order valence-electron chi connectivity index (χ1n) is 12.6. The Morgan fingerprint density at radius 3 is 2.08 bits per heavy atom. The molecule has 3 aromatic carbocycles. The minimum Gasteiger partial charge on any atom is -0.491 e. The lowest BCUT2D eigenvalue weighted by Crippen LogP contribution is -2.08. The van der Waals surface area contributed by atoms with Gasteiger partial charge in [-0.2, -0.15) is 8.78 Å². The first-order chi connectivity index (χ1) is 17.8. The van der Waals surface area contributed by atoms with Crippen LogP contribution in [-0.2, 0) is 0 Å². The number of halogens is 5. The van der Waals surface area contributed by atoms with Crippen molar-refractivity contribution in [1.82, 2.24) is 0 Å². The van der Waals surface area contributed by atoms with Crippen LogP contribution < -0.4 is 9.47 Å². The molecule has 0 amide bonds. The van der Waals surface area contributed by atoms with Crippen LogP contribution in [0.4, 0.5) is 22.0 Å². The Hall–Kier alpha value is -3.35. The predicted octanol–water partition coefficient (Wildman–Crippen LogP) is 8.98. The van der Waals surface area contributed by atoms with Gasteiger partial charge in [-0.3, -0.25) is 0 Å². The molecule has 1 unspecified atom stereocenters. The van der Waals surface area contributed by atoms with Gasteiger partial charge in [-0.05, 0) is 85.6 Å². The standard InChI is InChI=1S/C30H29F5O2/c1-3-5-16-37-26-15-12-22(27(32)30(26)35)19-8-6-18(7-9-19)21-11-10-20(17-24(21)31)23-13-14-25(36-4-2)29(34)28(23)33/h8,10-15,17-18H,3-7,9,16H2,1-2H3. The van der Waals surface area contributed by atoms with E-state index in [-0.39, 0.29) is 40.7 Å². The number of unbranched alkanes of at least 4 members (excludes halogenated alkanes) is 1. The average molecular weight is 517 g/mol. The SMILES string of the molecule is CCCCOc1ccc(C2=CCC(c3ccc(-c4ccc(OCC)c(F)c4F)cc3F)CC2)c(F)c1F. The van der Waals surface area contributed by atoms with Crippen LogP contribution in [0.2, 0.25) is 0 Å². The summed E-state index contributed by atoms with van der Waals surface area (Å²) in [4.78, 5) is 0. The maximum absolute atomic E-state index is 15.1. The van der Waals surface area contributed by atoms with E-state index in [1.54, 1.807) is 25.1 Å². The van der Waals surface area contributed by atoms with E-state index in [1.807, 2.05) is 6.92 Å². The molecule has 0 saturated carbocycles. The van der Waals surface area contributed by atoms with Gasteiger partial charge in [0.2, 0.25) is 11.6 Å². The summed E-state index contributed by atoms with van der Waals surface area (Å²) in [5.41, 5.74) is 1.44. The Morgan fingerprint density at radius 2 is 1.46 bits per heavy atom. The molecule has 0 heterocycles. The number of rotatable bonds is 9. The van der Waals surface area contributed by atoms with Crippen molar-refractivity contribution in [3.63, 3.8) is 0 Å². The lowest BCUT2D eigenvalue weighted by molar-refractivity contribution is 0.288. The van der Waals surface area contributed by atoms with E-state index in [0.717, 1.165) is 12.8 Å². The fourth-order valence-corrected chi connectivity index (χ4v) is 4.63. The van der Waals surface area contributed by atoms with Crippen molar-refractivity contribution in [3.05, 3.63) is 88.8 Å². The summed E-state index contributed by atoms with van der Waals surface area (Å²) >= 11 is 0. The van der Waals surface area contributed by atoms with Crippen LogP contribution in [0.3, 0.4) is 0 Å². The Kier molecular flexibility index (Phi) is 8.52. The average Bonchev–Trinajstić information content (AvgIpc) is 2.90. The van der Waals surface area contributed by atoms with E-state index in [2.05, 4.69) is 0 Å². The number of allylic oxidation sites excluding steroid dienone is 2. The van der Waals surface area contributed by atoms with Gasteiger partial charge in [0.05, 0.1) is 13.2 Å². The monoisotopic (exact) mass is 516 g/mol. The Morgan fingerprint density at radius 1 is 0.784 bits per heavy atom. The highest BCUT2D eigenvalue weighted by atomic mass is 19.2. The van der Waals surface area contributed by atoms with E-state index in [0.29, 0.717) is 37.0 Å². The first kappa shape index (κ1) is 26.7. The van der Waals surface area contributed by atoms with Crippen molar-refractivity contribution in [1.29, 1.82) is 0 Å². The maximum Gasteiger partial charge on any atom is 0.201 e. The molecule has 4 rings (SSSR count). The lowest BCUT2D eigenvalue weighted by atomic mass is 9.82. The van der Waals surface area contributed by atoms with Crippen molar-refractivity contribution >= 4 is 5.57 Å². The highest BCUT2D eigenvalue weighted by Gasteiger charge is 2.24. The van der Waals surface area contributed by atoms with Crippen molar-refractivity contribution < 1.29 is 31.4 Å². The molecule has 7 heteroatoms. The van der Waals surface area contributed by atoms with Gasteiger partial charge in [0.15, 0.2) is 23.1 Å². The van der Waals surface area contributed by atoms with E-state index in [9.17, 15) is 17.6 Å². The van der Waals surface area contributed by atoms with Crippen LogP contribution in [0.25, 0.3) is 16.7 Å². The molecule has 0 fully saturated rings. The maximum atomic E-state index is 15.1. The van der Waals surface area contributed by atoms with E-state index in [4.69, 9.17) is 9.47 Å². The molecule has 0 bridgehead atoms. The van der Waals surface area contributed by atoms with Gasteiger partial charge >= 0.3 is 0 Å². The molecule has 1 atom stereocenters. The molecule has 196 valence electrons. The van der Waals surface area contributed by atoms with Crippen LogP contribution in [0.1, 0.15) is 63.0 Å². The lowest BCUT2D eigenvalue weighted by Gasteiger charge is -2.24. The summed E-state index contributed by atoms with van der Waals surface area (Å²) in [6, 6.07) is 9.97. The molecule has 2 nitrogen and oxygen atoms in total. The van der Waals surface area contributed by atoms with E-state index >= 15 is 4.39 Å². The van der Waals surface area contributed by atoms with Crippen molar-refractivity contribution in [3.8, 4) is 22.6 Å². The highest BCUT2D eigenvalue weighted by Crippen LogP contribution is 2.40. The molecule has 0 aliphatic heterocycles. The zero-order valence-corrected chi connectivity index (χ0v) is 20.9. The fourth-order valence-electron chi connectivity index (χ4n) is 4.63. The van der Waals surface area contributed by atoms with Gasteiger partial charge in [0.25, 0.3) is 0 Å². The van der Waals surface area contributed by atoms with Gasteiger partial charge in [0.1, 0.15) is 5.82 Å².